The number of fused-ring (bicyclic) bond motifs is 1. The summed E-state index contributed by atoms with van der Waals surface area (Å²) in [5.74, 6) is 0.433. The summed E-state index contributed by atoms with van der Waals surface area (Å²) in [6, 6.07) is 5.46. The first-order chi connectivity index (χ1) is 9.19. The van der Waals surface area contributed by atoms with Crippen molar-refractivity contribution in [1.29, 1.82) is 0 Å². The summed E-state index contributed by atoms with van der Waals surface area (Å²) >= 11 is 0. The van der Waals surface area contributed by atoms with Gasteiger partial charge in [0.2, 0.25) is 5.91 Å². The van der Waals surface area contributed by atoms with Crippen LogP contribution in [0.5, 0.6) is 5.75 Å². The Morgan fingerprint density at radius 2 is 2.32 bits per heavy atom. The molecule has 1 aliphatic rings. The lowest BCUT2D eigenvalue weighted by molar-refractivity contribution is -0.120. The SMILES string of the molecule is CCNCC(=O)NCc1ccc2c(c1)NC(=O)CO2. The van der Waals surface area contributed by atoms with E-state index in [1.165, 1.54) is 0 Å². The topological polar surface area (TPSA) is 79.5 Å². The molecule has 2 amide bonds. The molecule has 0 aromatic heterocycles. The molecule has 6 heteroatoms. The summed E-state index contributed by atoms with van der Waals surface area (Å²) in [7, 11) is 0. The van der Waals surface area contributed by atoms with Gasteiger partial charge in [-0.15, -0.1) is 0 Å². The van der Waals surface area contributed by atoms with Gasteiger partial charge in [-0.3, -0.25) is 9.59 Å². The Bertz CT molecular complexity index is 488. The zero-order valence-corrected chi connectivity index (χ0v) is 10.8. The summed E-state index contributed by atoms with van der Waals surface area (Å²) < 4.78 is 5.26. The molecule has 0 atom stereocenters. The van der Waals surface area contributed by atoms with E-state index in [1.807, 2.05) is 13.0 Å². The maximum Gasteiger partial charge on any atom is 0.262 e. The third kappa shape index (κ3) is 3.69. The largest absolute Gasteiger partial charge is 0.482 e. The van der Waals surface area contributed by atoms with Crippen LogP contribution in [-0.4, -0.2) is 31.5 Å². The van der Waals surface area contributed by atoms with Crippen molar-refractivity contribution in [2.45, 2.75) is 13.5 Å². The first-order valence-corrected chi connectivity index (χ1v) is 6.22. The van der Waals surface area contributed by atoms with E-state index in [9.17, 15) is 9.59 Å². The minimum atomic E-state index is -0.166. The zero-order valence-electron chi connectivity index (χ0n) is 10.8. The molecule has 3 N–H and O–H groups in total. The number of hydrogen-bond acceptors (Lipinski definition) is 4. The number of carbonyl (C=O) groups excluding carboxylic acids is 2. The second-order valence-corrected chi connectivity index (χ2v) is 4.22. The summed E-state index contributed by atoms with van der Waals surface area (Å²) in [5.41, 5.74) is 1.56. The van der Waals surface area contributed by atoms with Crippen molar-refractivity contribution in [1.82, 2.24) is 10.6 Å². The maximum absolute atomic E-state index is 11.4. The molecule has 1 aliphatic heterocycles. The van der Waals surface area contributed by atoms with Crippen LogP contribution in [0.4, 0.5) is 5.69 Å². The van der Waals surface area contributed by atoms with E-state index in [1.54, 1.807) is 12.1 Å². The van der Waals surface area contributed by atoms with Gasteiger partial charge in [-0.2, -0.15) is 0 Å². The van der Waals surface area contributed by atoms with E-state index in [-0.39, 0.29) is 18.4 Å². The summed E-state index contributed by atoms with van der Waals surface area (Å²) in [6.07, 6.45) is 0. The molecular formula is C13H17N3O3. The van der Waals surface area contributed by atoms with Gasteiger partial charge in [0.05, 0.1) is 12.2 Å². The highest BCUT2D eigenvalue weighted by atomic mass is 16.5. The highest BCUT2D eigenvalue weighted by molar-refractivity contribution is 5.95. The van der Waals surface area contributed by atoms with Gasteiger partial charge in [0.15, 0.2) is 6.61 Å². The van der Waals surface area contributed by atoms with Crippen LogP contribution < -0.4 is 20.7 Å². The zero-order chi connectivity index (χ0) is 13.7. The van der Waals surface area contributed by atoms with Crippen LogP contribution in [0, 0.1) is 0 Å². The van der Waals surface area contributed by atoms with Crippen LogP contribution in [0.2, 0.25) is 0 Å². The van der Waals surface area contributed by atoms with Gasteiger partial charge < -0.3 is 20.7 Å². The Hall–Kier alpha value is -2.08. The van der Waals surface area contributed by atoms with E-state index in [0.29, 0.717) is 24.5 Å². The Balaban J connectivity index is 1.93. The van der Waals surface area contributed by atoms with Gasteiger partial charge in [-0.1, -0.05) is 13.0 Å². The van der Waals surface area contributed by atoms with Crippen molar-refractivity contribution < 1.29 is 14.3 Å². The number of nitrogens with one attached hydrogen (secondary N) is 3. The molecule has 0 spiro atoms. The van der Waals surface area contributed by atoms with E-state index in [4.69, 9.17) is 4.74 Å². The number of likely N-dealkylation sites (N-methyl/N-ethyl adjacent to an activating group) is 1. The first kappa shape index (κ1) is 13.4. The fraction of sp³-hybridized carbons (Fsp3) is 0.385. The van der Waals surface area contributed by atoms with Gasteiger partial charge in [-0.05, 0) is 24.2 Å². The van der Waals surface area contributed by atoms with Crippen molar-refractivity contribution in [3.63, 3.8) is 0 Å². The third-order valence-corrected chi connectivity index (χ3v) is 2.70. The monoisotopic (exact) mass is 263 g/mol. The van der Waals surface area contributed by atoms with E-state index < -0.39 is 0 Å². The number of ether oxygens (including phenoxy) is 1. The van der Waals surface area contributed by atoms with Gasteiger partial charge >= 0.3 is 0 Å². The van der Waals surface area contributed by atoms with Crippen LogP contribution in [0.25, 0.3) is 0 Å². The molecule has 2 rings (SSSR count). The molecule has 1 heterocycles. The van der Waals surface area contributed by atoms with Crippen molar-refractivity contribution >= 4 is 17.5 Å². The summed E-state index contributed by atoms with van der Waals surface area (Å²) in [4.78, 5) is 22.7. The molecule has 0 radical (unpaired) electrons. The fourth-order valence-electron chi connectivity index (χ4n) is 1.74. The van der Waals surface area contributed by atoms with E-state index in [2.05, 4.69) is 16.0 Å². The Morgan fingerprint density at radius 1 is 1.47 bits per heavy atom. The molecule has 6 nitrogen and oxygen atoms in total. The molecule has 102 valence electrons. The second kappa shape index (κ2) is 6.19. The Kier molecular flexibility index (Phi) is 4.35. The second-order valence-electron chi connectivity index (χ2n) is 4.22. The van der Waals surface area contributed by atoms with Crippen LogP contribution in [0.15, 0.2) is 18.2 Å². The molecule has 0 saturated heterocycles. The van der Waals surface area contributed by atoms with Crippen molar-refractivity contribution in [3.05, 3.63) is 23.8 Å². The minimum absolute atomic E-state index is 0.0474. The number of rotatable bonds is 5. The fourth-order valence-corrected chi connectivity index (χ4v) is 1.74. The predicted octanol–water partition coefficient (Wildman–Crippen LogP) is 0.243. The van der Waals surface area contributed by atoms with Gasteiger partial charge in [0.25, 0.3) is 5.91 Å². The number of carbonyl (C=O) groups is 2. The summed E-state index contributed by atoms with van der Waals surface area (Å²) in [6.45, 7) is 3.48. The molecule has 0 saturated carbocycles. The molecule has 19 heavy (non-hydrogen) atoms. The quantitative estimate of drug-likeness (QED) is 0.711. The van der Waals surface area contributed by atoms with E-state index in [0.717, 1.165) is 12.1 Å². The molecule has 0 fully saturated rings. The maximum atomic E-state index is 11.4. The third-order valence-electron chi connectivity index (χ3n) is 2.70. The standard InChI is InChI=1S/C13H17N3O3/c1-2-14-7-12(17)15-6-9-3-4-11-10(5-9)16-13(18)8-19-11/h3-5,14H,2,6-8H2,1H3,(H,15,17)(H,16,18). The van der Waals surface area contributed by atoms with Gasteiger partial charge in [0, 0.05) is 6.54 Å². The highest BCUT2D eigenvalue weighted by Crippen LogP contribution is 2.28. The average molecular weight is 263 g/mol. The first-order valence-electron chi connectivity index (χ1n) is 6.22. The smallest absolute Gasteiger partial charge is 0.262 e. The number of anilines is 1. The minimum Gasteiger partial charge on any atom is -0.482 e. The lowest BCUT2D eigenvalue weighted by Gasteiger charge is -2.18. The molecule has 0 unspecified atom stereocenters. The predicted molar refractivity (Wildman–Crippen MR) is 71.0 cm³/mol. The number of benzene rings is 1. The summed E-state index contributed by atoms with van der Waals surface area (Å²) in [5, 5.41) is 8.48. The van der Waals surface area contributed by atoms with Crippen LogP contribution in [0.1, 0.15) is 12.5 Å². The Morgan fingerprint density at radius 3 is 3.11 bits per heavy atom. The van der Waals surface area contributed by atoms with Gasteiger partial charge in [0.1, 0.15) is 5.75 Å². The normalized spacial score (nSPS) is 13.2. The van der Waals surface area contributed by atoms with Crippen LogP contribution in [0.3, 0.4) is 0 Å². The number of amides is 2. The molecular weight excluding hydrogens is 246 g/mol. The lowest BCUT2D eigenvalue weighted by Crippen LogP contribution is -2.33. The van der Waals surface area contributed by atoms with Crippen LogP contribution >= 0.6 is 0 Å². The molecule has 0 aliphatic carbocycles. The lowest BCUT2D eigenvalue weighted by atomic mass is 10.1. The van der Waals surface area contributed by atoms with Crippen LogP contribution in [-0.2, 0) is 16.1 Å². The Labute approximate surface area is 111 Å². The van der Waals surface area contributed by atoms with Crippen molar-refractivity contribution in [2.24, 2.45) is 0 Å². The van der Waals surface area contributed by atoms with Crippen molar-refractivity contribution in [3.8, 4) is 5.75 Å². The molecule has 1 aromatic carbocycles. The average Bonchev–Trinajstić information content (AvgIpc) is 2.42. The van der Waals surface area contributed by atoms with Crippen molar-refractivity contribution in [2.75, 3.05) is 25.0 Å². The molecule has 1 aromatic rings. The number of hydrogen-bond donors (Lipinski definition) is 3. The van der Waals surface area contributed by atoms with E-state index >= 15 is 0 Å². The molecule has 0 bridgehead atoms. The van der Waals surface area contributed by atoms with Gasteiger partial charge in [-0.25, -0.2) is 0 Å². The highest BCUT2D eigenvalue weighted by Gasteiger charge is 2.15.